The van der Waals surface area contributed by atoms with Crippen LogP contribution in [0.5, 0.6) is 0 Å². The van der Waals surface area contributed by atoms with Crippen LogP contribution in [-0.4, -0.2) is 6.54 Å². The molecule has 2 nitrogen and oxygen atoms in total. The largest absolute Gasteiger partial charge is 0.335 e. The molecular formula is C24H27N2S2+. The van der Waals surface area contributed by atoms with E-state index >= 15 is 0 Å². The van der Waals surface area contributed by atoms with Crippen LogP contribution < -0.4 is 9.47 Å². The third kappa shape index (κ3) is 3.51. The van der Waals surface area contributed by atoms with Gasteiger partial charge in [-0.15, -0.1) is 0 Å². The second kappa shape index (κ2) is 7.76. The number of allylic oxidation sites excluding steroid dienone is 2. The van der Waals surface area contributed by atoms with Gasteiger partial charge in [-0.25, -0.2) is 0 Å². The molecule has 1 aliphatic heterocycles. The topological polar surface area (TPSA) is 7.12 Å². The van der Waals surface area contributed by atoms with Crippen LogP contribution in [0.15, 0.2) is 58.0 Å². The number of hydrogen-bond donors (Lipinski definition) is 0. The number of nitrogens with zero attached hydrogens (tertiary/aromatic N) is 2. The summed E-state index contributed by atoms with van der Waals surface area (Å²) < 4.78 is 3.78. The molecule has 2 aromatic carbocycles. The Morgan fingerprint density at radius 1 is 1.07 bits per heavy atom. The van der Waals surface area contributed by atoms with Crippen LogP contribution in [0.25, 0.3) is 16.3 Å². The Hall–Kier alpha value is -2.04. The van der Waals surface area contributed by atoms with Gasteiger partial charge in [-0.05, 0) is 75.6 Å². The monoisotopic (exact) mass is 407 g/mol. The lowest BCUT2D eigenvalue weighted by atomic mass is 10.2. The van der Waals surface area contributed by atoms with Gasteiger partial charge >= 0.3 is 0 Å². The van der Waals surface area contributed by atoms with E-state index < -0.39 is 0 Å². The first-order chi connectivity index (χ1) is 13.5. The van der Waals surface area contributed by atoms with Crippen molar-refractivity contribution in [3.8, 4) is 0 Å². The molecule has 0 saturated heterocycles. The lowest BCUT2D eigenvalue weighted by molar-refractivity contribution is -0.665. The molecule has 1 aliphatic rings. The Labute approximate surface area is 176 Å². The molecule has 0 N–H and O–H groups in total. The van der Waals surface area contributed by atoms with Crippen LogP contribution in [0, 0.1) is 13.8 Å². The number of fused-ring (bicyclic) bond motifs is 2. The van der Waals surface area contributed by atoms with Crippen molar-refractivity contribution in [1.29, 1.82) is 0 Å². The number of thiazole rings is 1. The normalized spacial score (nSPS) is 15.7. The number of aryl methyl sites for hydroxylation is 3. The maximum absolute atomic E-state index is 2.42. The van der Waals surface area contributed by atoms with Gasteiger partial charge in [0.2, 0.25) is 5.52 Å². The van der Waals surface area contributed by atoms with Crippen LogP contribution in [-0.2, 0) is 6.54 Å². The Balaban J connectivity index is 1.71. The Morgan fingerprint density at radius 3 is 2.57 bits per heavy atom. The van der Waals surface area contributed by atoms with Gasteiger partial charge in [0.25, 0.3) is 5.01 Å². The molecule has 1 aromatic heterocycles. The molecule has 0 bridgehead atoms. The molecule has 0 aliphatic carbocycles. The zero-order chi connectivity index (χ0) is 19.8. The molecule has 2 heterocycles. The van der Waals surface area contributed by atoms with Gasteiger partial charge in [-0.1, -0.05) is 35.2 Å². The van der Waals surface area contributed by atoms with E-state index in [0.29, 0.717) is 0 Å². The molecule has 0 unspecified atom stereocenters. The predicted molar refractivity (Wildman–Crippen MR) is 124 cm³/mol. The molecule has 0 spiro atoms. The molecule has 0 amide bonds. The number of aromatic nitrogens is 1. The number of anilines is 1. The third-order valence-electron chi connectivity index (χ3n) is 5.11. The van der Waals surface area contributed by atoms with Crippen molar-refractivity contribution in [3.63, 3.8) is 0 Å². The fourth-order valence-corrected chi connectivity index (χ4v) is 6.39. The molecule has 0 fully saturated rings. The van der Waals surface area contributed by atoms with E-state index in [4.69, 9.17) is 0 Å². The smallest absolute Gasteiger partial charge is 0.262 e. The van der Waals surface area contributed by atoms with E-state index in [9.17, 15) is 0 Å². The number of hydrogen-bond acceptors (Lipinski definition) is 3. The summed E-state index contributed by atoms with van der Waals surface area (Å²) >= 11 is 3.76. The van der Waals surface area contributed by atoms with E-state index in [1.807, 2.05) is 23.1 Å². The van der Waals surface area contributed by atoms with Gasteiger partial charge in [0.05, 0.1) is 10.7 Å². The number of benzene rings is 2. The number of thioether (sulfide) groups is 1. The Kier molecular flexibility index (Phi) is 5.35. The standard InChI is InChI=1S/C24H27N2S2/c1-6-25-19-10-8-16(3)12-21(19)27-23(25)14-18(5)15-24-26(7-2)20-11-9-17(4)13-22(20)28-24/h8-15H,6-7H2,1-5H3/q+1. The van der Waals surface area contributed by atoms with Gasteiger partial charge in [0.15, 0.2) is 0 Å². The van der Waals surface area contributed by atoms with Crippen molar-refractivity contribution < 1.29 is 4.57 Å². The van der Waals surface area contributed by atoms with Crippen LogP contribution in [0.1, 0.15) is 36.9 Å². The minimum absolute atomic E-state index is 0.985. The summed E-state index contributed by atoms with van der Waals surface area (Å²) in [5, 5.41) is 2.63. The molecule has 0 saturated carbocycles. The highest BCUT2D eigenvalue weighted by Gasteiger charge is 2.24. The van der Waals surface area contributed by atoms with Crippen LogP contribution >= 0.6 is 23.1 Å². The van der Waals surface area contributed by atoms with Crippen molar-refractivity contribution in [3.05, 3.63) is 69.2 Å². The van der Waals surface area contributed by atoms with Gasteiger partial charge < -0.3 is 4.90 Å². The fraction of sp³-hybridized carbons (Fsp3) is 0.292. The zero-order valence-electron chi connectivity index (χ0n) is 17.2. The minimum Gasteiger partial charge on any atom is -0.335 e. The van der Waals surface area contributed by atoms with Crippen LogP contribution in [0.2, 0.25) is 0 Å². The maximum Gasteiger partial charge on any atom is 0.262 e. The summed E-state index contributed by atoms with van der Waals surface area (Å²) in [7, 11) is 0. The molecular weight excluding hydrogens is 380 g/mol. The van der Waals surface area contributed by atoms with Crippen molar-refractivity contribution in [2.45, 2.75) is 46.1 Å². The van der Waals surface area contributed by atoms with Crippen LogP contribution in [0.4, 0.5) is 5.69 Å². The summed E-state index contributed by atoms with van der Waals surface area (Å²) in [5.74, 6) is 0. The van der Waals surface area contributed by atoms with Gasteiger partial charge in [0, 0.05) is 23.6 Å². The predicted octanol–water partition coefficient (Wildman–Crippen LogP) is 6.70. The highest BCUT2D eigenvalue weighted by molar-refractivity contribution is 8.03. The molecule has 0 atom stereocenters. The first-order valence-electron chi connectivity index (χ1n) is 9.89. The van der Waals surface area contributed by atoms with E-state index in [-0.39, 0.29) is 0 Å². The van der Waals surface area contributed by atoms with E-state index in [2.05, 4.69) is 92.6 Å². The van der Waals surface area contributed by atoms with Crippen molar-refractivity contribution in [1.82, 2.24) is 0 Å². The lowest BCUT2D eigenvalue weighted by Gasteiger charge is -2.18. The average molecular weight is 408 g/mol. The van der Waals surface area contributed by atoms with Crippen LogP contribution in [0.3, 0.4) is 0 Å². The van der Waals surface area contributed by atoms with Crippen molar-refractivity contribution in [2.24, 2.45) is 0 Å². The van der Waals surface area contributed by atoms with E-state index in [1.165, 1.54) is 47.5 Å². The summed E-state index contributed by atoms with van der Waals surface area (Å²) in [6.07, 6.45) is 4.66. The van der Waals surface area contributed by atoms with E-state index in [0.717, 1.165) is 13.1 Å². The maximum atomic E-state index is 2.42. The molecule has 3 aromatic rings. The zero-order valence-corrected chi connectivity index (χ0v) is 18.9. The summed E-state index contributed by atoms with van der Waals surface area (Å²) in [6.45, 7) is 13.0. The minimum atomic E-state index is 0.985. The van der Waals surface area contributed by atoms with Gasteiger partial charge in [-0.3, -0.25) is 0 Å². The highest BCUT2D eigenvalue weighted by Crippen LogP contribution is 2.46. The molecule has 144 valence electrons. The summed E-state index contributed by atoms with van der Waals surface area (Å²) in [4.78, 5) is 3.78. The second-order valence-electron chi connectivity index (χ2n) is 7.34. The Morgan fingerprint density at radius 2 is 1.82 bits per heavy atom. The quantitative estimate of drug-likeness (QED) is 0.444. The first-order valence-corrected chi connectivity index (χ1v) is 11.5. The molecule has 4 heteroatoms. The SMILES string of the molecule is CCN1/C(=C/C(C)=C/c2sc3cc(C)ccc3[n+]2CC)Sc2cc(C)ccc21. The summed E-state index contributed by atoms with van der Waals surface area (Å²) in [5.41, 5.74) is 6.59. The highest BCUT2D eigenvalue weighted by atomic mass is 32.2. The summed E-state index contributed by atoms with van der Waals surface area (Å²) in [6, 6.07) is 13.5. The van der Waals surface area contributed by atoms with Gasteiger partial charge in [-0.2, -0.15) is 4.57 Å². The first kappa shape index (κ1) is 19.3. The number of rotatable bonds is 4. The second-order valence-corrected chi connectivity index (χ2v) is 9.47. The molecule has 28 heavy (non-hydrogen) atoms. The van der Waals surface area contributed by atoms with Gasteiger partial charge in [0.1, 0.15) is 11.2 Å². The average Bonchev–Trinajstić information content (AvgIpc) is 3.16. The fourth-order valence-electron chi connectivity index (χ4n) is 3.72. The third-order valence-corrected chi connectivity index (χ3v) is 7.30. The molecule has 0 radical (unpaired) electrons. The molecule has 4 rings (SSSR count). The van der Waals surface area contributed by atoms with Crippen molar-refractivity contribution in [2.75, 3.05) is 11.4 Å². The van der Waals surface area contributed by atoms with Crippen molar-refractivity contribution >= 4 is 45.1 Å². The Bertz CT molecular complexity index is 1110. The van der Waals surface area contributed by atoms with E-state index in [1.54, 1.807) is 0 Å². The lowest BCUT2D eigenvalue weighted by Crippen LogP contribution is -2.33.